The lowest BCUT2D eigenvalue weighted by molar-refractivity contribution is -0.255. The van der Waals surface area contributed by atoms with E-state index < -0.39 is 6.29 Å². The average Bonchev–Trinajstić information content (AvgIpc) is 3.10. The summed E-state index contributed by atoms with van der Waals surface area (Å²) >= 11 is 0. The molecule has 2 amide bonds. The number of hydrogen-bond donors (Lipinski definition) is 3. The third kappa shape index (κ3) is 8.97. The number of benzene rings is 3. The molecule has 0 aromatic heterocycles. The summed E-state index contributed by atoms with van der Waals surface area (Å²) in [4.78, 5) is 27.8. The van der Waals surface area contributed by atoms with Gasteiger partial charge in [0.05, 0.1) is 24.9 Å². The molecular formula is C41H53N3O5. The molecule has 6 rings (SSSR count). The lowest BCUT2D eigenvalue weighted by Crippen LogP contribution is -2.61. The molecule has 6 atom stereocenters. The van der Waals surface area contributed by atoms with Gasteiger partial charge in [-0.05, 0) is 92.3 Å². The van der Waals surface area contributed by atoms with Gasteiger partial charge in [-0.1, -0.05) is 73.5 Å². The maximum atomic E-state index is 13.8. The van der Waals surface area contributed by atoms with Crippen molar-refractivity contribution in [2.24, 2.45) is 5.92 Å². The third-order valence-electron chi connectivity index (χ3n) is 10.3. The van der Waals surface area contributed by atoms with Crippen LogP contribution in [0.3, 0.4) is 0 Å². The van der Waals surface area contributed by atoms with Crippen LogP contribution in [-0.2, 0) is 32.2 Å². The quantitative estimate of drug-likeness (QED) is 0.228. The Morgan fingerprint density at radius 1 is 0.857 bits per heavy atom. The number of hydrogen-bond acceptors (Lipinski definition) is 6. The lowest BCUT2D eigenvalue weighted by atomic mass is 9.75. The highest BCUT2D eigenvalue weighted by atomic mass is 16.7. The predicted octanol–water partition coefficient (Wildman–Crippen LogP) is 6.97. The monoisotopic (exact) mass is 667 g/mol. The van der Waals surface area contributed by atoms with Gasteiger partial charge in [-0.15, -0.1) is 0 Å². The minimum Gasteiger partial charge on any atom is -0.392 e. The molecule has 3 fully saturated rings. The van der Waals surface area contributed by atoms with Gasteiger partial charge in [-0.3, -0.25) is 14.5 Å². The van der Waals surface area contributed by atoms with Gasteiger partial charge >= 0.3 is 0 Å². The van der Waals surface area contributed by atoms with Crippen LogP contribution in [0.2, 0.25) is 0 Å². The van der Waals surface area contributed by atoms with Crippen LogP contribution in [0.25, 0.3) is 11.1 Å². The van der Waals surface area contributed by atoms with Gasteiger partial charge in [0.25, 0.3) is 0 Å². The molecule has 3 aliphatic rings. The van der Waals surface area contributed by atoms with E-state index in [-0.39, 0.29) is 42.2 Å². The minimum absolute atomic E-state index is 0.00545. The topological polar surface area (TPSA) is 100 Å². The zero-order chi connectivity index (χ0) is 34.5. The van der Waals surface area contributed by atoms with Gasteiger partial charge in [-0.2, -0.15) is 0 Å². The smallest absolute Gasteiger partial charge is 0.237 e. The van der Waals surface area contributed by atoms with Crippen LogP contribution in [0.15, 0.2) is 72.8 Å². The first-order valence-electron chi connectivity index (χ1n) is 18.1. The first-order chi connectivity index (χ1) is 23.6. The number of likely N-dealkylation sites (tertiary alicyclic amines) is 1. The second-order valence-corrected chi connectivity index (χ2v) is 15.2. The number of carbonyl (C=O) groups is 2. The first kappa shape index (κ1) is 35.3. The van der Waals surface area contributed by atoms with Gasteiger partial charge in [0.15, 0.2) is 6.29 Å². The number of ether oxygens (including phenoxy) is 2. The molecule has 3 aromatic rings. The van der Waals surface area contributed by atoms with E-state index in [1.807, 2.05) is 63.2 Å². The van der Waals surface area contributed by atoms with E-state index >= 15 is 0 Å². The molecular weight excluding hydrogens is 614 g/mol. The van der Waals surface area contributed by atoms with Crippen LogP contribution in [0.4, 0.5) is 0 Å². The fraction of sp³-hybridized carbons (Fsp3) is 0.512. The number of amides is 2. The van der Waals surface area contributed by atoms with E-state index in [1.165, 1.54) is 26.2 Å². The van der Waals surface area contributed by atoms with Crippen molar-refractivity contribution in [2.45, 2.75) is 122 Å². The second kappa shape index (κ2) is 15.5. The molecule has 1 saturated carbocycles. The number of aliphatic hydroxyl groups is 1. The zero-order valence-electron chi connectivity index (χ0n) is 29.5. The van der Waals surface area contributed by atoms with E-state index in [0.29, 0.717) is 31.5 Å². The van der Waals surface area contributed by atoms with Gasteiger partial charge in [-0.25, -0.2) is 0 Å². The number of carbonyl (C=O) groups excluding carboxylic acids is 2. The van der Waals surface area contributed by atoms with Crippen molar-refractivity contribution in [1.82, 2.24) is 15.5 Å². The summed E-state index contributed by atoms with van der Waals surface area (Å²) in [5, 5.41) is 15.8. The van der Waals surface area contributed by atoms with E-state index in [9.17, 15) is 14.7 Å². The van der Waals surface area contributed by atoms with E-state index in [4.69, 9.17) is 9.47 Å². The van der Waals surface area contributed by atoms with Crippen molar-refractivity contribution in [3.05, 3.63) is 95.1 Å². The van der Waals surface area contributed by atoms with Crippen LogP contribution >= 0.6 is 0 Å². The molecule has 8 heteroatoms. The Hall–Kier alpha value is -3.56. The zero-order valence-corrected chi connectivity index (χ0v) is 29.5. The Morgan fingerprint density at radius 3 is 2.33 bits per heavy atom. The van der Waals surface area contributed by atoms with Gasteiger partial charge in [0.2, 0.25) is 11.8 Å². The Labute approximate surface area is 291 Å². The number of fused-ring (bicyclic) bond motifs is 1. The molecule has 262 valence electrons. The molecule has 2 heterocycles. The molecule has 2 saturated heterocycles. The lowest BCUT2D eigenvalue weighted by Gasteiger charge is -2.50. The summed E-state index contributed by atoms with van der Waals surface area (Å²) in [5.41, 5.74) is 5.67. The van der Waals surface area contributed by atoms with E-state index in [0.717, 1.165) is 52.6 Å². The van der Waals surface area contributed by atoms with Crippen molar-refractivity contribution in [3.63, 3.8) is 0 Å². The molecule has 0 bridgehead atoms. The standard InChI is InChI=1S/C41H53N3O5/c1-27(46)42-24-29-9-7-11-32(21-29)33-12-8-13-34(22-33)40-48-35(23-38(49-40)31-17-15-28(26-45)16-18-31)25-44-36-14-6-5-10-30(36)19-20-37(44)39(47)43-41(2,3)4/h7-9,11-13,15-18,21-22,30,35-38,40,45H,5-6,10,14,19-20,23-26H2,1-4H3,(H,42,46)(H,43,47)/t30-,35-,36-,37-,38+,40+/m1/s1. The highest BCUT2D eigenvalue weighted by Gasteiger charge is 2.44. The number of piperidine rings is 1. The SMILES string of the molecule is CC(=O)NCc1cccc(-c2cccc([C@H]3O[C@@H](CN4[C@@H](C(=O)NC(C)(C)C)CC[C@H]5CCCC[C@H]54)C[C@@H](c4ccc(CO)cc4)O3)c2)c1. The summed E-state index contributed by atoms with van der Waals surface area (Å²) in [6, 6.07) is 24.7. The fourth-order valence-corrected chi connectivity index (χ4v) is 7.95. The second-order valence-electron chi connectivity index (χ2n) is 15.2. The van der Waals surface area contributed by atoms with Gasteiger partial charge in [0, 0.05) is 43.6 Å². The van der Waals surface area contributed by atoms with E-state index in [2.05, 4.69) is 45.9 Å². The molecule has 0 unspecified atom stereocenters. The molecule has 8 nitrogen and oxygen atoms in total. The molecule has 1 aliphatic carbocycles. The minimum atomic E-state index is -0.599. The number of nitrogens with one attached hydrogen (secondary N) is 2. The highest BCUT2D eigenvalue weighted by Crippen LogP contribution is 2.42. The van der Waals surface area contributed by atoms with Crippen LogP contribution in [0, 0.1) is 5.92 Å². The summed E-state index contributed by atoms with van der Waals surface area (Å²) in [7, 11) is 0. The van der Waals surface area contributed by atoms with Crippen molar-refractivity contribution in [2.75, 3.05) is 6.54 Å². The first-order valence-corrected chi connectivity index (χ1v) is 18.1. The summed E-state index contributed by atoms with van der Waals surface area (Å²) in [6.45, 7) is 8.81. The number of aliphatic hydroxyl groups excluding tert-OH is 1. The van der Waals surface area contributed by atoms with Crippen molar-refractivity contribution < 1.29 is 24.2 Å². The molecule has 0 radical (unpaired) electrons. The average molecular weight is 668 g/mol. The molecule has 3 aromatic carbocycles. The molecule has 3 N–H and O–H groups in total. The van der Waals surface area contributed by atoms with Crippen molar-refractivity contribution in [3.8, 4) is 11.1 Å². The van der Waals surface area contributed by atoms with Crippen LogP contribution in [0.1, 0.15) is 107 Å². The Morgan fingerprint density at radius 2 is 1.59 bits per heavy atom. The van der Waals surface area contributed by atoms with Crippen LogP contribution < -0.4 is 10.6 Å². The maximum absolute atomic E-state index is 13.8. The van der Waals surface area contributed by atoms with Crippen LogP contribution in [-0.4, -0.2) is 52.1 Å². The molecule has 49 heavy (non-hydrogen) atoms. The summed E-state index contributed by atoms with van der Waals surface area (Å²) in [6.07, 6.45) is 6.47. The van der Waals surface area contributed by atoms with Crippen LogP contribution in [0.5, 0.6) is 0 Å². The van der Waals surface area contributed by atoms with E-state index in [1.54, 1.807) is 0 Å². The molecule has 2 aliphatic heterocycles. The normalized spacial score (nSPS) is 26.1. The third-order valence-corrected chi connectivity index (χ3v) is 10.3. The summed E-state index contributed by atoms with van der Waals surface area (Å²) < 4.78 is 13.6. The number of nitrogens with zero attached hydrogens (tertiary/aromatic N) is 1. The fourth-order valence-electron chi connectivity index (χ4n) is 7.95. The van der Waals surface area contributed by atoms with Crippen molar-refractivity contribution in [1.29, 1.82) is 0 Å². The van der Waals surface area contributed by atoms with Gasteiger partial charge < -0.3 is 25.2 Å². The highest BCUT2D eigenvalue weighted by molar-refractivity contribution is 5.82. The Bertz CT molecular complexity index is 1580. The maximum Gasteiger partial charge on any atom is 0.237 e. The Kier molecular flexibility index (Phi) is 11.2. The van der Waals surface area contributed by atoms with Gasteiger partial charge in [0.1, 0.15) is 0 Å². The predicted molar refractivity (Wildman–Crippen MR) is 191 cm³/mol. The summed E-state index contributed by atoms with van der Waals surface area (Å²) in [5.74, 6) is 0.673. The number of rotatable bonds is 9. The Balaban J connectivity index is 1.29. The largest absolute Gasteiger partial charge is 0.392 e. The van der Waals surface area contributed by atoms with Crippen molar-refractivity contribution >= 4 is 11.8 Å². The molecule has 0 spiro atoms.